The van der Waals surface area contributed by atoms with Crippen LogP contribution in [-0.4, -0.2) is 24.9 Å². The maximum atomic E-state index is 13.1. The topological polar surface area (TPSA) is 21.3 Å². The molecule has 0 aromatic heterocycles. The predicted octanol–water partition coefficient (Wildman–Crippen LogP) is 2.75. The Balaban J connectivity index is 2.22. The second-order valence-electron chi connectivity index (χ2n) is 4.16. The highest BCUT2D eigenvalue weighted by atomic mass is 19.4. The van der Waals surface area contributed by atoms with Crippen LogP contribution in [0.1, 0.15) is 12.8 Å². The summed E-state index contributed by atoms with van der Waals surface area (Å²) in [7, 11) is 0. The fourth-order valence-corrected chi connectivity index (χ4v) is 1.99. The maximum Gasteiger partial charge on any atom is 0.428 e. The zero-order valence-corrected chi connectivity index (χ0v) is 9.26. The molecule has 0 atom stereocenters. The van der Waals surface area contributed by atoms with Crippen molar-refractivity contribution in [2.24, 2.45) is 0 Å². The largest absolute Gasteiger partial charge is 0.478 e. The first-order valence-electron chi connectivity index (χ1n) is 5.55. The van der Waals surface area contributed by atoms with E-state index in [0.29, 0.717) is 13.1 Å². The van der Waals surface area contributed by atoms with Gasteiger partial charge in [-0.2, -0.15) is 13.2 Å². The van der Waals surface area contributed by atoms with Gasteiger partial charge in [0.15, 0.2) is 0 Å². The summed E-state index contributed by atoms with van der Waals surface area (Å²) in [5.74, 6) is 0.270. The van der Waals surface area contributed by atoms with Crippen LogP contribution in [0.5, 0.6) is 5.75 Å². The molecule has 0 aliphatic carbocycles. The van der Waals surface area contributed by atoms with Crippen LogP contribution in [0.15, 0.2) is 30.3 Å². The average molecular weight is 245 g/mol. The molecule has 1 fully saturated rings. The highest BCUT2D eigenvalue weighted by molar-refractivity contribution is 5.22. The lowest BCUT2D eigenvalue weighted by molar-refractivity contribution is -0.256. The number of ether oxygens (including phenoxy) is 1. The fourth-order valence-electron chi connectivity index (χ4n) is 1.99. The van der Waals surface area contributed by atoms with Crippen LogP contribution in [-0.2, 0) is 0 Å². The highest BCUT2D eigenvalue weighted by Crippen LogP contribution is 2.40. The molecule has 1 N–H and O–H groups in total. The van der Waals surface area contributed by atoms with Crippen LogP contribution >= 0.6 is 0 Å². The predicted molar refractivity (Wildman–Crippen MR) is 58.0 cm³/mol. The van der Waals surface area contributed by atoms with Crippen molar-refractivity contribution in [1.82, 2.24) is 5.32 Å². The third-order valence-electron chi connectivity index (χ3n) is 2.98. The Morgan fingerprint density at radius 2 is 1.65 bits per heavy atom. The first kappa shape index (κ1) is 12.2. The lowest BCUT2D eigenvalue weighted by Crippen LogP contribution is -2.56. The van der Waals surface area contributed by atoms with Crippen LogP contribution in [0.3, 0.4) is 0 Å². The van der Waals surface area contributed by atoms with Crippen LogP contribution in [0.2, 0.25) is 0 Å². The van der Waals surface area contributed by atoms with Crippen molar-refractivity contribution >= 4 is 0 Å². The first-order valence-corrected chi connectivity index (χ1v) is 5.55. The van der Waals surface area contributed by atoms with E-state index in [4.69, 9.17) is 4.74 Å². The zero-order valence-electron chi connectivity index (χ0n) is 9.26. The van der Waals surface area contributed by atoms with Gasteiger partial charge in [-0.15, -0.1) is 0 Å². The van der Waals surface area contributed by atoms with Gasteiger partial charge in [-0.25, -0.2) is 0 Å². The molecular weight excluding hydrogens is 231 g/mol. The number of para-hydroxylation sites is 1. The van der Waals surface area contributed by atoms with Crippen molar-refractivity contribution < 1.29 is 17.9 Å². The minimum Gasteiger partial charge on any atom is -0.478 e. The molecule has 1 aromatic carbocycles. The van der Waals surface area contributed by atoms with Gasteiger partial charge in [0.25, 0.3) is 0 Å². The number of benzene rings is 1. The van der Waals surface area contributed by atoms with E-state index in [1.807, 2.05) is 0 Å². The van der Waals surface area contributed by atoms with Gasteiger partial charge in [0.05, 0.1) is 0 Å². The third kappa shape index (κ3) is 2.54. The quantitative estimate of drug-likeness (QED) is 0.865. The van der Waals surface area contributed by atoms with E-state index < -0.39 is 11.8 Å². The SMILES string of the molecule is FC(F)(F)C1(Oc2ccccc2)CCNCC1. The molecular formula is C12H14F3NO. The summed E-state index contributed by atoms with van der Waals surface area (Å²) in [6, 6.07) is 8.18. The molecule has 2 rings (SSSR count). The number of hydrogen-bond acceptors (Lipinski definition) is 2. The van der Waals surface area contributed by atoms with Crippen LogP contribution in [0.25, 0.3) is 0 Å². The van der Waals surface area contributed by atoms with Crippen LogP contribution in [0, 0.1) is 0 Å². The summed E-state index contributed by atoms with van der Waals surface area (Å²) in [6.07, 6.45) is -4.44. The summed E-state index contributed by atoms with van der Waals surface area (Å²) in [4.78, 5) is 0. The molecule has 1 aromatic rings. The van der Waals surface area contributed by atoms with Gasteiger partial charge in [-0.3, -0.25) is 0 Å². The number of halogens is 3. The van der Waals surface area contributed by atoms with Gasteiger partial charge in [0.1, 0.15) is 5.75 Å². The first-order chi connectivity index (χ1) is 8.04. The fraction of sp³-hybridized carbons (Fsp3) is 0.500. The summed E-state index contributed by atoms with van der Waals surface area (Å²) in [5.41, 5.74) is -2.04. The van der Waals surface area contributed by atoms with Gasteiger partial charge in [-0.1, -0.05) is 18.2 Å². The molecule has 17 heavy (non-hydrogen) atoms. The van der Waals surface area contributed by atoms with Crippen molar-refractivity contribution in [1.29, 1.82) is 0 Å². The molecule has 0 bridgehead atoms. The Hall–Kier alpha value is -1.23. The Bertz CT molecular complexity index is 358. The van der Waals surface area contributed by atoms with Gasteiger partial charge in [0, 0.05) is 12.8 Å². The molecule has 2 nitrogen and oxygen atoms in total. The summed E-state index contributed by atoms with van der Waals surface area (Å²) in [5, 5.41) is 2.92. The smallest absolute Gasteiger partial charge is 0.428 e. The molecule has 0 amide bonds. The van der Waals surface area contributed by atoms with Crippen molar-refractivity contribution in [3.05, 3.63) is 30.3 Å². The second-order valence-corrected chi connectivity index (χ2v) is 4.16. The number of nitrogens with one attached hydrogen (secondary N) is 1. The van der Waals surface area contributed by atoms with Crippen molar-refractivity contribution in [2.45, 2.75) is 24.6 Å². The lowest BCUT2D eigenvalue weighted by Gasteiger charge is -2.39. The van der Waals surface area contributed by atoms with Gasteiger partial charge >= 0.3 is 6.18 Å². The van der Waals surface area contributed by atoms with E-state index >= 15 is 0 Å². The Labute approximate surface area is 97.8 Å². The molecule has 1 heterocycles. The Morgan fingerprint density at radius 1 is 1.06 bits per heavy atom. The van der Waals surface area contributed by atoms with E-state index in [1.165, 1.54) is 0 Å². The van der Waals surface area contributed by atoms with Gasteiger partial charge in [0.2, 0.25) is 5.60 Å². The minimum atomic E-state index is -4.34. The normalized spacial score (nSPS) is 19.9. The summed E-state index contributed by atoms with van der Waals surface area (Å²) >= 11 is 0. The van der Waals surface area contributed by atoms with Crippen LogP contribution < -0.4 is 10.1 Å². The van der Waals surface area contributed by atoms with Gasteiger partial charge in [-0.05, 0) is 25.2 Å². The highest BCUT2D eigenvalue weighted by Gasteiger charge is 2.57. The number of alkyl halides is 3. The van der Waals surface area contributed by atoms with E-state index in [0.717, 1.165) is 0 Å². The van der Waals surface area contributed by atoms with Crippen molar-refractivity contribution in [2.75, 3.05) is 13.1 Å². The Kier molecular flexibility index (Phi) is 3.28. The summed E-state index contributed by atoms with van der Waals surface area (Å²) in [6.45, 7) is 0.651. The second kappa shape index (κ2) is 4.56. The third-order valence-corrected chi connectivity index (χ3v) is 2.98. The lowest BCUT2D eigenvalue weighted by atomic mass is 9.91. The molecule has 94 valence electrons. The van der Waals surface area contributed by atoms with E-state index in [1.54, 1.807) is 30.3 Å². The molecule has 0 radical (unpaired) electrons. The maximum absolute atomic E-state index is 13.1. The number of rotatable bonds is 2. The Morgan fingerprint density at radius 3 is 2.18 bits per heavy atom. The molecule has 1 saturated heterocycles. The molecule has 0 unspecified atom stereocenters. The molecule has 0 saturated carbocycles. The van der Waals surface area contributed by atoms with E-state index in [-0.39, 0.29) is 18.6 Å². The minimum absolute atomic E-state index is 0.0502. The monoisotopic (exact) mass is 245 g/mol. The van der Waals surface area contributed by atoms with E-state index in [2.05, 4.69) is 5.32 Å². The van der Waals surface area contributed by atoms with Crippen molar-refractivity contribution in [3.63, 3.8) is 0 Å². The number of hydrogen-bond donors (Lipinski definition) is 1. The molecule has 1 aliphatic rings. The van der Waals surface area contributed by atoms with Gasteiger partial charge < -0.3 is 10.1 Å². The van der Waals surface area contributed by atoms with E-state index in [9.17, 15) is 13.2 Å². The zero-order chi connectivity index (χ0) is 12.4. The standard InChI is InChI=1S/C12H14F3NO/c13-12(14,15)11(6-8-16-9-7-11)17-10-4-2-1-3-5-10/h1-5,16H,6-9H2. The molecule has 0 spiro atoms. The summed E-state index contributed by atoms with van der Waals surface area (Å²) < 4.78 is 44.6. The number of piperidine rings is 1. The molecule has 5 heteroatoms. The van der Waals surface area contributed by atoms with Crippen LogP contribution in [0.4, 0.5) is 13.2 Å². The molecule has 1 aliphatic heterocycles. The van der Waals surface area contributed by atoms with Crippen molar-refractivity contribution in [3.8, 4) is 5.75 Å². The average Bonchev–Trinajstić information content (AvgIpc) is 2.30.